The zero-order chi connectivity index (χ0) is 10.9. The van der Waals surface area contributed by atoms with Crippen molar-refractivity contribution in [2.45, 2.75) is 31.3 Å². The van der Waals surface area contributed by atoms with E-state index in [1.54, 1.807) is 6.07 Å². The summed E-state index contributed by atoms with van der Waals surface area (Å²) >= 11 is 0. The standard InChI is InChI=1S/C11H14O4/c12-10(13)11(14,8-4-1-2-5-8)9-6-3-7-15-9/h3,6-8,14H,1-2,4-5H2,(H,12,13)/t11-/m1/s1. The predicted molar refractivity (Wildman–Crippen MR) is 52.2 cm³/mol. The maximum absolute atomic E-state index is 11.2. The van der Waals surface area contributed by atoms with Gasteiger partial charge in [-0.3, -0.25) is 0 Å². The van der Waals surface area contributed by atoms with Crippen LogP contribution >= 0.6 is 0 Å². The van der Waals surface area contributed by atoms with E-state index in [1.165, 1.54) is 12.3 Å². The molecule has 2 rings (SSSR count). The Kier molecular flexibility index (Phi) is 2.52. The summed E-state index contributed by atoms with van der Waals surface area (Å²) < 4.78 is 5.04. The molecular formula is C11H14O4. The molecule has 4 nitrogen and oxygen atoms in total. The number of hydrogen-bond acceptors (Lipinski definition) is 3. The van der Waals surface area contributed by atoms with Crippen molar-refractivity contribution in [3.8, 4) is 0 Å². The first-order chi connectivity index (χ1) is 7.15. The number of furan rings is 1. The molecule has 0 amide bonds. The molecule has 82 valence electrons. The molecule has 2 N–H and O–H groups in total. The van der Waals surface area contributed by atoms with Gasteiger partial charge in [-0.05, 0) is 25.0 Å². The molecule has 1 heterocycles. The molecule has 0 unspecified atom stereocenters. The summed E-state index contributed by atoms with van der Waals surface area (Å²) in [5, 5.41) is 19.4. The number of carboxylic acid groups (broad SMARTS) is 1. The summed E-state index contributed by atoms with van der Waals surface area (Å²) in [5.41, 5.74) is -1.85. The summed E-state index contributed by atoms with van der Waals surface area (Å²) in [6.07, 6.45) is 4.81. The minimum absolute atomic E-state index is 0.141. The van der Waals surface area contributed by atoms with E-state index in [0.717, 1.165) is 25.7 Å². The Morgan fingerprint density at radius 1 is 1.47 bits per heavy atom. The van der Waals surface area contributed by atoms with Crippen LogP contribution in [0.3, 0.4) is 0 Å². The van der Waals surface area contributed by atoms with Crippen molar-refractivity contribution in [2.75, 3.05) is 0 Å². The van der Waals surface area contributed by atoms with Crippen molar-refractivity contribution in [1.29, 1.82) is 0 Å². The molecule has 0 bridgehead atoms. The minimum atomic E-state index is -1.85. The first-order valence-electron chi connectivity index (χ1n) is 5.15. The van der Waals surface area contributed by atoms with E-state index in [2.05, 4.69) is 0 Å². The topological polar surface area (TPSA) is 70.7 Å². The van der Waals surface area contributed by atoms with Gasteiger partial charge in [-0.2, -0.15) is 0 Å². The maximum atomic E-state index is 11.2. The second-order valence-electron chi connectivity index (χ2n) is 4.03. The first kappa shape index (κ1) is 10.2. The van der Waals surface area contributed by atoms with Gasteiger partial charge in [0, 0.05) is 5.92 Å². The molecule has 1 aromatic rings. The van der Waals surface area contributed by atoms with Crippen LogP contribution in [-0.4, -0.2) is 16.2 Å². The minimum Gasteiger partial charge on any atom is -0.479 e. The van der Waals surface area contributed by atoms with Crippen LogP contribution in [0, 0.1) is 5.92 Å². The highest BCUT2D eigenvalue weighted by Gasteiger charge is 2.48. The fourth-order valence-corrected chi connectivity index (χ4v) is 2.32. The van der Waals surface area contributed by atoms with Crippen LogP contribution < -0.4 is 0 Å². The molecule has 4 heteroatoms. The first-order valence-corrected chi connectivity index (χ1v) is 5.15. The largest absolute Gasteiger partial charge is 0.479 e. The number of rotatable bonds is 3. The monoisotopic (exact) mass is 210 g/mol. The summed E-state index contributed by atoms with van der Waals surface area (Å²) in [7, 11) is 0. The third-order valence-electron chi connectivity index (χ3n) is 3.17. The maximum Gasteiger partial charge on any atom is 0.344 e. The van der Waals surface area contributed by atoms with Crippen LogP contribution in [0.5, 0.6) is 0 Å². The average molecular weight is 210 g/mol. The molecule has 1 aliphatic carbocycles. The van der Waals surface area contributed by atoms with Gasteiger partial charge in [0.25, 0.3) is 0 Å². The van der Waals surface area contributed by atoms with Crippen LogP contribution in [0.2, 0.25) is 0 Å². The molecular weight excluding hydrogens is 196 g/mol. The highest BCUT2D eigenvalue weighted by molar-refractivity contribution is 5.78. The molecule has 0 radical (unpaired) electrons. The SMILES string of the molecule is O=C(O)[C@](O)(c1ccco1)C1CCCC1. The normalized spacial score (nSPS) is 21.4. The molecule has 1 atom stereocenters. The second kappa shape index (κ2) is 3.70. The lowest BCUT2D eigenvalue weighted by molar-refractivity contribution is -0.169. The Hall–Kier alpha value is -1.29. The Morgan fingerprint density at radius 3 is 2.60 bits per heavy atom. The van der Waals surface area contributed by atoms with Crippen molar-refractivity contribution < 1.29 is 19.4 Å². The Balaban J connectivity index is 2.35. The number of carbonyl (C=O) groups is 1. The van der Waals surface area contributed by atoms with Gasteiger partial charge in [-0.1, -0.05) is 12.8 Å². The number of hydrogen-bond donors (Lipinski definition) is 2. The van der Waals surface area contributed by atoms with Gasteiger partial charge in [0.1, 0.15) is 5.76 Å². The van der Waals surface area contributed by atoms with Crippen LogP contribution in [0.15, 0.2) is 22.8 Å². The van der Waals surface area contributed by atoms with E-state index >= 15 is 0 Å². The van der Waals surface area contributed by atoms with Gasteiger partial charge >= 0.3 is 5.97 Å². The molecule has 0 aliphatic heterocycles. The smallest absolute Gasteiger partial charge is 0.344 e. The quantitative estimate of drug-likeness (QED) is 0.797. The average Bonchev–Trinajstić information content (AvgIpc) is 2.89. The Morgan fingerprint density at radius 2 is 2.13 bits per heavy atom. The van der Waals surface area contributed by atoms with Crippen molar-refractivity contribution >= 4 is 5.97 Å². The van der Waals surface area contributed by atoms with Crippen LogP contribution in [-0.2, 0) is 10.4 Å². The summed E-state index contributed by atoms with van der Waals surface area (Å²) in [6.45, 7) is 0. The van der Waals surface area contributed by atoms with E-state index in [0.29, 0.717) is 0 Å². The molecule has 15 heavy (non-hydrogen) atoms. The highest BCUT2D eigenvalue weighted by atomic mass is 16.4. The molecule has 0 saturated heterocycles. The summed E-state index contributed by atoms with van der Waals surface area (Å²) in [6, 6.07) is 3.12. The Labute approximate surface area is 87.5 Å². The van der Waals surface area contributed by atoms with Gasteiger partial charge < -0.3 is 14.6 Å². The van der Waals surface area contributed by atoms with Crippen molar-refractivity contribution in [1.82, 2.24) is 0 Å². The lowest BCUT2D eigenvalue weighted by Crippen LogP contribution is -2.41. The van der Waals surface area contributed by atoms with Crippen LogP contribution in [0.1, 0.15) is 31.4 Å². The molecule has 1 saturated carbocycles. The van der Waals surface area contributed by atoms with Gasteiger partial charge in [-0.15, -0.1) is 0 Å². The van der Waals surface area contributed by atoms with Crippen molar-refractivity contribution in [3.63, 3.8) is 0 Å². The third kappa shape index (κ3) is 1.55. The Bertz CT molecular complexity index is 337. The van der Waals surface area contributed by atoms with E-state index in [-0.39, 0.29) is 11.7 Å². The van der Waals surface area contributed by atoms with Gasteiger partial charge in [-0.25, -0.2) is 4.79 Å². The number of aliphatic hydroxyl groups is 1. The third-order valence-corrected chi connectivity index (χ3v) is 3.17. The van der Waals surface area contributed by atoms with E-state index in [1.807, 2.05) is 0 Å². The van der Waals surface area contributed by atoms with Crippen LogP contribution in [0.25, 0.3) is 0 Å². The van der Waals surface area contributed by atoms with E-state index in [4.69, 9.17) is 9.52 Å². The van der Waals surface area contributed by atoms with Gasteiger partial charge in [0.15, 0.2) is 0 Å². The fraction of sp³-hybridized carbons (Fsp3) is 0.545. The summed E-state index contributed by atoms with van der Waals surface area (Å²) in [4.78, 5) is 11.2. The van der Waals surface area contributed by atoms with Crippen LogP contribution in [0.4, 0.5) is 0 Å². The number of carboxylic acids is 1. The zero-order valence-electron chi connectivity index (χ0n) is 8.35. The fourth-order valence-electron chi connectivity index (χ4n) is 2.32. The lowest BCUT2D eigenvalue weighted by Gasteiger charge is -2.27. The second-order valence-corrected chi connectivity index (χ2v) is 4.03. The number of aliphatic carboxylic acids is 1. The molecule has 0 spiro atoms. The molecule has 1 aromatic heterocycles. The van der Waals surface area contributed by atoms with Crippen molar-refractivity contribution in [2.24, 2.45) is 5.92 Å². The molecule has 0 aromatic carbocycles. The summed E-state index contributed by atoms with van der Waals surface area (Å²) in [5.74, 6) is -1.31. The lowest BCUT2D eigenvalue weighted by atomic mass is 9.84. The van der Waals surface area contributed by atoms with Crippen molar-refractivity contribution in [3.05, 3.63) is 24.2 Å². The molecule has 1 aliphatic rings. The highest BCUT2D eigenvalue weighted by Crippen LogP contribution is 2.40. The molecule has 1 fully saturated rings. The van der Waals surface area contributed by atoms with E-state index in [9.17, 15) is 9.90 Å². The van der Waals surface area contributed by atoms with E-state index < -0.39 is 11.6 Å². The predicted octanol–water partition coefficient (Wildman–Crippen LogP) is 1.74. The van der Waals surface area contributed by atoms with Gasteiger partial charge in [0.2, 0.25) is 5.60 Å². The van der Waals surface area contributed by atoms with Gasteiger partial charge in [0.05, 0.1) is 6.26 Å². The zero-order valence-corrected chi connectivity index (χ0v) is 8.35.